The molecule has 1 aromatic rings. The Bertz CT molecular complexity index is 755. The van der Waals surface area contributed by atoms with Crippen molar-refractivity contribution in [3.05, 3.63) is 35.4 Å². The van der Waals surface area contributed by atoms with Crippen LogP contribution in [0.2, 0.25) is 0 Å². The Labute approximate surface area is 166 Å². The van der Waals surface area contributed by atoms with E-state index in [1.165, 1.54) is 6.42 Å². The van der Waals surface area contributed by atoms with Gasteiger partial charge in [0.25, 0.3) is 5.91 Å². The van der Waals surface area contributed by atoms with E-state index in [4.69, 9.17) is 5.21 Å². The van der Waals surface area contributed by atoms with Crippen molar-refractivity contribution in [3.8, 4) is 0 Å². The lowest BCUT2D eigenvalue weighted by Gasteiger charge is -2.59. The van der Waals surface area contributed by atoms with Crippen molar-refractivity contribution < 1.29 is 19.9 Å². The highest BCUT2D eigenvalue weighted by Crippen LogP contribution is 2.62. The maximum Gasteiger partial charge on any atom is 0.274 e. The van der Waals surface area contributed by atoms with Crippen molar-refractivity contribution in [2.24, 2.45) is 23.2 Å². The van der Waals surface area contributed by atoms with Crippen molar-refractivity contribution in [2.75, 3.05) is 0 Å². The number of hydrogen-bond acceptors (Lipinski definition) is 4. The summed E-state index contributed by atoms with van der Waals surface area (Å²) in [5, 5.41) is 19.8. The van der Waals surface area contributed by atoms with E-state index in [1.54, 1.807) is 17.6 Å². The van der Waals surface area contributed by atoms with Crippen LogP contribution >= 0.6 is 0 Å². The van der Waals surface area contributed by atoms with E-state index in [0.29, 0.717) is 41.9 Å². The average molecular weight is 386 g/mol. The number of hydroxylamine groups is 1. The quantitative estimate of drug-likeness (QED) is 0.513. The molecular formula is C23H31NO4. The van der Waals surface area contributed by atoms with Gasteiger partial charge in [-0.3, -0.25) is 14.8 Å². The first-order valence-corrected chi connectivity index (χ1v) is 10.5. The number of amides is 1. The van der Waals surface area contributed by atoms with Crippen LogP contribution in [-0.2, 0) is 4.79 Å². The number of carbonyl (C=O) groups excluding carboxylic acids is 2. The SMILES string of the molecule is CC(C)[C@@H](CC(=O)C12CC3CC(CC(O)(C3)C1)C2)c1ccc(C(=O)NO)cc1. The van der Waals surface area contributed by atoms with Gasteiger partial charge in [-0.2, -0.15) is 0 Å². The van der Waals surface area contributed by atoms with Gasteiger partial charge < -0.3 is 5.11 Å². The predicted molar refractivity (Wildman–Crippen MR) is 105 cm³/mol. The van der Waals surface area contributed by atoms with Gasteiger partial charge in [-0.1, -0.05) is 26.0 Å². The number of aliphatic hydroxyl groups is 1. The van der Waals surface area contributed by atoms with Crippen LogP contribution in [0, 0.1) is 23.2 Å². The smallest absolute Gasteiger partial charge is 0.274 e. The molecule has 4 fully saturated rings. The summed E-state index contributed by atoms with van der Waals surface area (Å²) in [5.41, 5.74) is 2.13. The number of carbonyl (C=O) groups is 2. The molecule has 28 heavy (non-hydrogen) atoms. The van der Waals surface area contributed by atoms with Gasteiger partial charge in [0, 0.05) is 17.4 Å². The van der Waals surface area contributed by atoms with Crippen LogP contribution < -0.4 is 5.48 Å². The highest BCUT2D eigenvalue weighted by atomic mass is 16.5. The molecule has 0 aliphatic heterocycles. The highest BCUT2D eigenvalue weighted by molar-refractivity contribution is 5.93. The summed E-state index contributed by atoms with van der Waals surface area (Å²) >= 11 is 0. The van der Waals surface area contributed by atoms with Gasteiger partial charge in [0.2, 0.25) is 0 Å². The van der Waals surface area contributed by atoms with Crippen LogP contribution in [0.15, 0.2) is 24.3 Å². The van der Waals surface area contributed by atoms with Crippen LogP contribution in [0.3, 0.4) is 0 Å². The van der Waals surface area contributed by atoms with Crippen LogP contribution in [0.4, 0.5) is 0 Å². The topological polar surface area (TPSA) is 86.6 Å². The summed E-state index contributed by atoms with van der Waals surface area (Å²) in [6, 6.07) is 7.15. The summed E-state index contributed by atoms with van der Waals surface area (Å²) in [6.45, 7) is 4.25. The largest absolute Gasteiger partial charge is 0.390 e. The monoisotopic (exact) mass is 385 g/mol. The lowest BCUT2D eigenvalue weighted by atomic mass is 9.46. The van der Waals surface area contributed by atoms with E-state index in [2.05, 4.69) is 13.8 Å². The van der Waals surface area contributed by atoms with Crippen molar-refractivity contribution in [2.45, 2.75) is 70.3 Å². The van der Waals surface area contributed by atoms with Gasteiger partial charge in [-0.25, -0.2) is 5.48 Å². The molecule has 4 bridgehead atoms. The minimum atomic E-state index is -0.619. The average Bonchev–Trinajstić information content (AvgIpc) is 2.63. The molecule has 5 nitrogen and oxygen atoms in total. The zero-order chi connectivity index (χ0) is 20.1. The van der Waals surface area contributed by atoms with E-state index >= 15 is 0 Å². The zero-order valence-electron chi connectivity index (χ0n) is 16.8. The molecule has 0 spiro atoms. The first-order chi connectivity index (χ1) is 13.2. The maximum atomic E-state index is 13.5. The Balaban J connectivity index is 1.54. The summed E-state index contributed by atoms with van der Waals surface area (Å²) in [4.78, 5) is 25.1. The van der Waals surface area contributed by atoms with E-state index < -0.39 is 11.5 Å². The van der Waals surface area contributed by atoms with Crippen molar-refractivity contribution in [3.63, 3.8) is 0 Å². The van der Waals surface area contributed by atoms with E-state index in [9.17, 15) is 14.7 Å². The molecule has 5 rings (SSSR count). The first-order valence-electron chi connectivity index (χ1n) is 10.5. The third-order valence-corrected chi connectivity index (χ3v) is 7.53. The summed E-state index contributed by atoms with van der Waals surface area (Å²) < 4.78 is 0. The predicted octanol–water partition coefficient (Wildman–Crippen LogP) is 3.84. The molecule has 1 aromatic carbocycles. The number of ketones is 1. The third kappa shape index (κ3) is 3.39. The molecule has 4 aliphatic carbocycles. The summed E-state index contributed by atoms with van der Waals surface area (Å²) in [7, 11) is 0. The number of rotatable bonds is 6. The molecular weight excluding hydrogens is 354 g/mol. The van der Waals surface area contributed by atoms with E-state index in [1.807, 2.05) is 12.1 Å². The van der Waals surface area contributed by atoms with Gasteiger partial charge in [0.05, 0.1) is 5.60 Å². The first kappa shape index (κ1) is 19.6. The van der Waals surface area contributed by atoms with Crippen LogP contribution in [0.5, 0.6) is 0 Å². The van der Waals surface area contributed by atoms with Crippen LogP contribution in [-0.4, -0.2) is 27.6 Å². The fourth-order valence-electron chi connectivity index (χ4n) is 6.64. The molecule has 0 radical (unpaired) electrons. The van der Waals surface area contributed by atoms with Gasteiger partial charge >= 0.3 is 0 Å². The van der Waals surface area contributed by atoms with Gasteiger partial charge in [-0.05, 0) is 79.9 Å². The second kappa shape index (κ2) is 6.96. The Morgan fingerprint density at radius 3 is 2.21 bits per heavy atom. The second-order valence-corrected chi connectivity index (χ2v) is 10.0. The summed E-state index contributed by atoms with van der Waals surface area (Å²) in [6.07, 6.45) is 5.96. The number of nitrogens with one attached hydrogen (secondary N) is 1. The molecule has 1 amide bonds. The lowest BCUT2D eigenvalue weighted by molar-refractivity contribution is -0.177. The lowest BCUT2D eigenvalue weighted by Crippen LogP contribution is -2.58. The second-order valence-electron chi connectivity index (χ2n) is 10.0. The summed E-state index contributed by atoms with van der Waals surface area (Å²) in [5.74, 6) is 1.16. The van der Waals surface area contributed by atoms with Crippen molar-refractivity contribution in [1.82, 2.24) is 5.48 Å². The molecule has 4 saturated carbocycles. The van der Waals surface area contributed by atoms with Gasteiger partial charge in [0.1, 0.15) is 5.78 Å². The molecule has 152 valence electrons. The molecule has 3 atom stereocenters. The molecule has 0 aromatic heterocycles. The normalized spacial score (nSPS) is 34.5. The number of hydrogen-bond donors (Lipinski definition) is 3. The number of Topliss-reactive ketones (excluding diaryl/α,β-unsaturated/α-hetero) is 1. The Kier molecular flexibility index (Phi) is 4.87. The molecule has 0 saturated heterocycles. The Morgan fingerprint density at radius 2 is 1.71 bits per heavy atom. The Hall–Kier alpha value is -1.72. The van der Waals surface area contributed by atoms with Crippen molar-refractivity contribution >= 4 is 11.7 Å². The van der Waals surface area contributed by atoms with Gasteiger partial charge in [-0.15, -0.1) is 0 Å². The third-order valence-electron chi connectivity index (χ3n) is 7.53. The van der Waals surface area contributed by atoms with E-state index in [-0.39, 0.29) is 11.3 Å². The minimum Gasteiger partial charge on any atom is -0.390 e. The number of benzene rings is 1. The zero-order valence-corrected chi connectivity index (χ0v) is 16.8. The molecule has 2 unspecified atom stereocenters. The van der Waals surface area contributed by atoms with Crippen LogP contribution in [0.25, 0.3) is 0 Å². The Morgan fingerprint density at radius 1 is 1.11 bits per heavy atom. The van der Waals surface area contributed by atoms with Gasteiger partial charge in [0.15, 0.2) is 0 Å². The maximum absolute atomic E-state index is 13.5. The molecule has 3 N–H and O–H groups in total. The minimum absolute atomic E-state index is 0.0846. The fourth-order valence-corrected chi connectivity index (χ4v) is 6.64. The molecule has 0 heterocycles. The van der Waals surface area contributed by atoms with Crippen molar-refractivity contribution in [1.29, 1.82) is 0 Å². The molecule has 5 heteroatoms. The van der Waals surface area contributed by atoms with Crippen LogP contribution in [0.1, 0.15) is 80.6 Å². The van der Waals surface area contributed by atoms with E-state index in [0.717, 1.165) is 31.2 Å². The fraction of sp³-hybridized carbons (Fsp3) is 0.652. The standard InChI is InChI=1S/C23H31NO4/c1-14(2)19(17-3-5-18(6-4-17)21(26)24-28)8-20(25)22-9-15-7-16(10-22)12-23(27,11-15)13-22/h3-6,14-16,19,27-28H,7-13H2,1-2H3,(H,24,26)/t15?,16?,19-,22?,23?/m1/s1. The highest BCUT2D eigenvalue weighted by Gasteiger charge is 2.59. The molecule has 4 aliphatic rings.